The molecule has 1 amide bonds. The van der Waals surface area contributed by atoms with Crippen LogP contribution in [-0.4, -0.2) is 82.9 Å². The SMILES string of the molecule is COC(=O)C[C@@H]1[C@@]2(C)[C@@]34CC[C@@](C)([C@@H](C)c5ccoc5)C(CC(=O)N(C)OC)[C@]35OC(C)(O4)O[C@@]23C[C@@]1(C)C(C)[C@]3(O)[C@H]5O. The second-order valence-corrected chi connectivity index (χ2v) is 15.4. The smallest absolute Gasteiger partial charge is 0.305 e. The van der Waals surface area contributed by atoms with Gasteiger partial charge in [0.15, 0.2) is 0 Å². The first-order valence-corrected chi connectivity index (χ1v) is 15.9. The van der Waals surface area contributed by atoms with Crippen molar-refractivity contribution in [2.24, 2.45) is 34.0 Å². The van der Waals surface area contributed by atoms with Gasteiger partial charge < -0.3 is 33.6 Å². The largest absolute Gasteiger partial charge is 0.472 e. The van der Waals surface area contributed by atoms with Crippen molar-refractivity contribution in [1.82, 2.24) is 5.06 Å². The van der Waals surface area contributed by atoms with Gasteiger partial charge >= 0.3 is 5.97 Å². The van der Waals surface area contributed by atoms with Gasteiger partial charge in [0.2, 0.25) is 5.91 Å². The predicted molar refractivity (Wildman–Crippen MR) is 153 cm³/mol. The van der Waals surface area contributed by atoms with Gasteiger partial charge in [-0.05, 0) is 59.5 Å². The summed E-state index contributed by atoms with van der Waals surface area (Å²) in [7, 11) is 4.38. The summed E-state index contributed by atoms with van der Waals surface area (Å²) in [5.41, 5.74) is -7.10. The fraction of sp³-hybridized carbons (Fsp3) is 0.818. The highest BCUT2D eigenvalue weighted by molar-refractivity contribution is 5.76. The van der Waals surface area contributed by atoms with Gasteiger partial charge in [-0.25, -0.2) is 5.06 Å². The summed E-state index contributed by atoms with van der Waals surface area (Å²) >= 11 is 0. The Kier molecular flexibility index (Phi) is 6.03. The monoisotopic (exact) mass is 617 g/mol. The van der Waals surface area contributed by atoms with Crippen LogP contribution >= 0.6 is 0 Å². The van der Waals surface area contributed by atoms with Crippen LogP contribution in [0.3, 0.4) is 0 Å². The zero-order chi connectivity index (χ0) is 32.1. The number of aliphatic hydroxyl groups excluding tert-OH is 1. The van der Waals surface area contributed by atoms with Crippen LogP contribution in [0.4, 0.5) is 0 Å². The molecular formula is C33H47NO10. The maximum Gasteiger partial charge on any atom is 0.305 e. The maximum absolute atomic E-state index is 13.9. The van der Waals surface area contributed by atoms with Crippen LogP contribution in [0.15, 0.2) is 23.0 Å². The predicted octanol–water partition coefficient (Wildman–Crippen LogP) is 3.53. The molecule has 4 bridgehead atoms. The molecule has 1 aromatic heterocycles. The lowest BCUT2D eigenvalue weighted by Crippen LogP contribution is -2.92. The van der Waals surface area contributed by atoms with Crippen molar-refractivity contribution in [1.29, 1.82) is 0 Å². The Hall–Kier alpha value is -2.02. The van der Waals surface area contributed by atoms with Gasteiger partial charge in [-0.15, -0.1) is 0 Å². The number of carbonyl (C=O) groups excluding carboxylic acids is 2. The second kappa shape index (κ2) is 8.66. The van der Waals surface area contributed by atoms with Crippen molar-refractivity contribution < 1.29 is 48.0 Å². The van der Waals surface area contributed by atoms with Crippen LogP contribution < -0.4 is 0 Å². The molecule has 0 aromatic carbocycles. The van der Waals surface area contributed by atoms with Gasteiger partial charge in [0.05, 0.1) is 26.7 Å². The number of carbonyl (C=O) groups is 2. The van der Waals surface area contributed by atoms with E-state index in [0.717, 1.165) is 5.56 Å². The first kappa shape index (κ1) is 30.6. The molecule has 2 N–H and O–H groups in total. The lowest BCUT2D eigenvalue weighted by molar-refractivity contribution is -0.475. The molecule has 3 heterocycles. The summed E-state index contributed by atoms with van der Waals surface area (Å²) in [6.07, 6.45) is 3.43. The van der Waals surface area contributed by atoms with E-state index in [-0.39, 0.29) is 36.6 Å². The van der Waals surface area contributed by atoms with Gasteiger partial charge in [-0.2, -0.15) is 0 Å². The normalized spacial score (nSPS) is 53.4. The van der Waals surface area contributed by atoms with Crippen molar-refractivity contribution in [2.75, 3.05) is 21.3 Å². The number of methoxy groups -OCH3 is 1. The fourth-order valence-corrected chi connectivity index (χ4v) is 12.3. The topological polar surface area (TPSA) is 137 Å². The lowest BCUT2D eigenvalue weighted by Gasteiger charge is -2.77. The molecule has 7 rings (SSSR count). The third kappa shape index (κ3) is 2.85. The number of ether oxygens (including phenoxy) is 4. The Bertz CT molecular complexity index is 1400. The number of nitrogens with zero attached hydrogens (tertiary/aromatic N) is 1. The van der Waals surface area contributed by atoms with Crippen LogP contribution in [-0.2, 0) is 33.4 Å². The Morgan fingerprint density at radius 1 is 1.07 bits per heavy atom. The summed E-state index contributed by atoms with van der Waals surface area (Å²) in [5.74, 6) is -3.86. The van der Waals surface area contributed by atoms with Crippen LogP contribution in [0.2, 0.25) is 0 Å². The minimum Gasteiger partial charge on any atom is -0.472 e. The van der Waals surface area contributed by atoms with E-state index in [0.29, 0.717) is 19.3 Å². The average Bonchev–Trinajstić information content (AvgIpc) is 3.68. The molecule has 1 aromatic rings. The van der Waals surface area contributed by atoms with E-state index in [9.17, 15) is 19.8 Å². The van der Waals surface area contributed by atoms with Gasteiger partial charge in [-0.1, -0.05) is 34.6 Å². The quantitative estimate of drug-likeness (QED) is 0.345. The van der Waals surface area contributed by atoms with Crippen molar-refractivity contribution in [2.45, 2.75) is 114 Å². The summed E-state index contributed by atoms with van der Waals surface area (Å²) in [4.78, 5) is 32.3. The molecule has 44 heavy (non-hydrogen) atoms. The van der Waals surface area contributed by atoms with Crippen molar-refractivity contribution in [3.05, 3.63) is 24.2 Å². The van der Waals surface area contributed by atoms with E-state index in [1.54, 1.807) is 26.5 Å². The number of amides is 1. The molecule has 2 spiro atoms. The molecule has 3 unspecified atom stereocenters. The standard InChI is InChI=1S/C33H47NO10/c1-18(20-10-13-41-16-20)26(3)11-12-30-28(5)21(15-24(36)39-8)27(4)17-31(28)32(38,19(27)2)25(37)33(30,44-29(6,42-30)43-31)22(26)14-23(35)34(7)40-9/h10,13,16,18-19,21-22,25,37-38H,11-12,14-15,17H2,1-9H3/t18-,19?,21-,22?,25+,26-,27-,28-,29?,30-,31-,32-,33+/m0/s1. The lowest BCUT2D eigenvalue weighted by atomic mass is 9.32. The summed E-state index contributed by atoms with van der Waals surface area (Å²) in [6, 6.07) is 1.92. The number of furan rings is 1. The minimum atomic E-state index is -1.76. The minimum absolute atomic E-state index is 0.0479. The van der Waals surface area contributed by atoms with Gasteiger partial charge in [0.25, 0.3) is 5.97 Å². The van der Waals surface area contributed by atoms with Gasteiger partial charge in [-0.3, -0.25) is 14.4 Å². The Balaban J connectivity index is 1.52. The van der Waals surface area contributed by atoms with E-state index < -0.39 is 62.6 Å². The fourth-order valence-electron chi connectivity index (χ4n) is 12.3. The number of hydrogen-bond donors (Lipinski definition) is 2. The number of esters is 1. The molecule has 6 fully saturated rings. The van der Waals surface area contributed by atoms with Crippen molar-refractivity contribution in [3.63, 3.8) is 0 Å². The number of hydroxylamine groups is 2. The Morgan fingerprint density at radius 2 is 1.75 bits per heavy atom. The third-order valence-electron chi connectivity index (χ3n) is 14.6. The molecule has 11 heteroatoms. The summed E-state index contributed by atoms with van der Waals surface area (Å²) in [6.45, 7) is 12.0. The Morgan fingerprint density at radius 3 is 2.36 bits per heavy atom. The van der Waals surface area contributed by atoms with Crippen LogP contribution in [0, 0.1) is 34.0 Å². The molecule has 244 valence electrons. The van der Waals surface area contributed by atoms with E-state index in [4.69, 9.17) is 28.2 Å². The molecule has 11 nitrogen and oxygen atoms in total. The van der Waals surface area contributed by atoms with Crippen molar-refractivity contribution >= 4 is 11.9 Å². The second-order valence-electron chi connectivity index (χ2n) is 15.4. The maximum atomic E-state index is 13.9. The molecule has 2 saturated heterocycles. The number of fused-ring (bicyclic) bond motifs is 2. The first-order valence-electron chi connectivity index (χ1n) is 15.9. The zero-order valence-electron chi connectivity index (χ0n) is 27.3. The highest BCUT2D eigenvalue weighted by atomic mass is 16.9. The van der Waals surface area contributed by atoms with E-state index in [2.05, 4.69) is 27.7 Å². The number of aliphatic hydroxyl groups is 2. The van der Waals surface area contributed by atoms with E-state index in [1.165, 1.54) is 19.3 Å². The molecule has 4 aliphatic carbocycles. The van der Waals surface area contributed by atoms with Crippen molar-refractivity contribution in [3.8, 4) is 0 Å². The van der Waals surface area contributed by atoms with Crippen LogP contribution in [0.25, 0.3) is 0 Å². The third-order valence-corrected chi connectivity index (χ3v) is 14.6. The summed E-state index contributed by atoms with van der Waals surface area (Å²) in [5, 5.41) is 27.3. The highest BCUT2D eigenvalue weighted by Gasteiger charge is 3.01. The summed E-state index contributed by atoms with van der Waals surface area (Å²) < 4.78 is 31.8. The van der Waals surface area contributed by atoms with Crippen LogP contribution in [0.1, 0.15) is 85.1 Å². The van der Waals surface area contributed by atoms with Gasteiger partial charge in [0.1, 0.15) is 28.5 Å². The average molecular weight is 618 g/mol. The van der Waals surface area contributed by atoms with Crippen LogP contribution in [0.5, 0.6) is 0 Å². The Labute approximate surface area is 258 Å². The number of hydrogen-bond acceptors (Lipinski definition) is 10. The zero-order valence-corrected chi connectivity index (χ0v) is 27.3. The molecule has 13 atom stereocenters. The molecule has 6 aliphatic rings. The first-order chi connectivity index (χ1) is 20.4. The molecule has 0 radical (unpaired) electrons. The van der Waals surface area contributed by atoms with Gasteiger partial charge in [0, 0.05) is 38.1 Å². The molecule has 2 aliphatic heterocycles. The molecular weight excluding hydrogens is 570 g/mol. The number of rotatable bonds is 7. The highest BCUT2D eigenvalue weighted by Crippen LogP contribution is 2.90. The van der Waals surface area contributed by atoms with E-state index in [1.807, 2.05) is 13.0 Å². The van der Waals surface area contributed by atoms with E-state index >= 15 is 0 Å². The molecule has 4 saturated carbocycles.